The number of nitrogens with zero attached hydrogens (tertiary/aromatic N) is 3. The van der Waals surface area contributed by atoms with Crippen LogP contribution in [0.25, 0.3) is 11.0 Å². The van der Waals surface area contributed by atoms with Crippen molar-refractivity contribution in [1.82, 2.24) is 20.2 Å². The van der Waals surface area contributed by atoms with Crippen molar-refractivity contribution in [3.05, 3.63) is 45.4 Å². The van der Waals surface area contributed by atoms with Gasteiger partial charge in [0.15, 0.2) is 5.67 Å². The third kappa shape index (κ3) is 8.42. The zero-order valence-electron chi connectivity index (χ0n) is 28.8. The minimum Gasteiger partial charge on any atom is -0.390 e. The van der Waals surface area contributed by atoms with Crippen molar-refractivity contribution in [2.75, 3.05) is 23.3 Å². The Labute approximate surface area is 299 Å². The molecule has 2 amide bonds. The first-order valence-electron chi connectivity index (χ1n) is 16.8. The summed E-state index contributed by atoms with van der Waals surface area (Å²) in [5, 5.41) is 19.8. The summed E-state index contributed by atoms with van der Waals surface area (Å²) in [6.07, 6.45) is -2.43. The predicted octanol–water partition coefficient (Wildman–Crippen LogP) is 7.83. The van der Waals surface area contributed by atoms with Crippen LogP contribution < -0.4 is 20.9 Å². The average molecular weight is 744 g/mol. The Kier molecular flexibility index (Phi) is 10.9. The molecule has 5 rings (SSSR count). The molecule has 3 aromatic rings. The van der Waals surface area contributed by atoms with Gasteiger partial charge in [0.05, 0.1) is 49.5 Å². The zero-order valence-corrected chi connectivity index (χ0v) is 30.3. The molecule has 1 aliphatic carbocycles. The highest BCUT2D eigenvalue weighted by atomic mass is 35.5. The number of alkyl halides is 4. The third-order valence-corrected chi connectivity index (χ3v) is 10.7. The first kappa shape index (κ1) is 38.0. The fraction of sp³-hybridized carbons (Fsp3) is 0.571. The van der Waals surface area contributed by atoms with E-state index in [2.05, 4.69) is 20.9 Å². The molecule has 1 aromatic heterocycles. The molecule has 0 bridgehead atoms. The number of fused-ring (bicyclic) bond motifs is 1. The van der Waals surface area contributed by atoms with E-state index in [0.717, 1.165) is 13.8 Å². The monoisotopic (exact) mass is 742 g/mol. The van der Waals surface area contributed by atoms with E-state index in [1.807, 2.05) is 6.07 Å². The van der Waals surface area contributed by atoms with Crippen molar-refractivity contribution < 1.29 is 32.3 Å². The summed E-state index contributed by atoms with van der Waals surface area (Å²) in [7, 11) is 1.79. The Morgan fingerprint density at radius 2 is 1.60 bits per heavy atom. The van der Waals surface area contributed by atoms with Gasteiger partial charge in [0.25, 0.3) is 11.8 Å². The summed E-state index contributed by atoms with van der Waals surface area (Å²) in [5.41, 5.74) is 0.0863. The number of anilines is 3. The summed E-state index contributed by atoms with van der Waals surface area (Å²) in [5.74, 6) is -2.10. The topological polar surface area (TPSA) is 112 Å². The second-order valence-electron chi connectivity index (χ2n) is 14.5. The number of carbonyl (C=O) groups is 2. The van der Waals surface area contributed by atoms with Crippen LogP contribution in [0.4, 0.5) is 34.9 Å². The molecule has 274 valence electrons. The van der Waals surface area contributed by atoms with Gasteiger partial charge >= 0.3 is 6.18 Å². The molecule has 1 saturated carbocycles. The molecule has 2 fully saturated rings. The van der Waals surface area contributed by atoms with Crippen molar-refractivity contribution in [3.8, 4) is 0 Å². The van der Waals surface area contributed by atoms with Crippen LogP contribution in [0.3, 0.4) is 0 Å². The molecule has 2 aromatic carbocycles. The lowest BCUT2D eigenvalue weighted by Crippen LogP contribution is -2.43. The van der Waals surface area contributed by atoms with Gasteiger partial charge < -0.3 is 30.5 Å². The number of aliphatic hydroxyl groups is 1. The number of amides is 2. The lowest BCUT2D eigenvalue weighted by atomic mass is 9.83. The number of piperidine rings is 1. The highest BCUT2D eigenvalue weighted by Gasteiger charge is 2.42. The van der Waals surface area contributed by atoms with Gasteiger partial charge in [-0.05, 0) is 95.9 Å². The van der Waals surface area contributed by atoms with Gasteiger partial charge in [0.2, 0.25) is 5.95 Å². The fourth-order valence-corrected chi connectivity index (χ4v) is 7.31. The first-order valence-corrected chi connectivity index (χ1v) is 17.6. The van der Waals surface area contributed by atoms with Crippen molar-refractivity contribution in [1.29, 1.82) is 0 Å². The van der Waals surface area contributed by atoms with E-state index < -0.39 is 29.3 Å². The summed E-state index contributed by atoms with van der Waals surface area (Å²) < 4.78 is 55.7. The lowest BCUT2D eigenvalue weighted by molar-refractivity contribution is -0.182. The summed E-state index contributed by atoms with van der Waals surface area (Å²) in [6.45, 7) is 7.05. The minimum absolute atomic E-state index is 0.0351. The maximum atomic E-state index is 14.1. The Hall–Kier alpha value is -3.29. The van der Waals surface area contributed by atoms with Crippen LogP contribution in [0.1, 0.15) is 82.1 Å². The maximum Gasteiger partial charge on any atom is 0.391 e. The first-order chi connectivity index (χ1) is 23.2. The van der Waals surface area contributed by atoms with E-state index in [1.165, 1.54) is 0 Å². The second-order valence-corrected chi connectivity index (χ2v) is 15.3. The van der Waals surface area contributed by atoms with Crippen molar-refractivity contribution in [2.24, 2.45) is 18.9 Å². The highest BCUT2D eigenvalue weighted by Crippen LogP contribution is 2.40. The number of hydrogen-bond donors (Lipinski definition) is 4. The van der Waals surface area contributed by atoms with Crippen LogP contribution in [-0.4, -0.2) is 63.0 Å². The van der Waals surface area contributed by atoms with Crippen LogP contribution in [0.15, 0.2) is 24.3 Å². The number of hydrogen-bond acceptors (Lipinski definition) is 6. The summed E-state index contributed by atoms with van der Waals surface area (Å²) >= 11 is 13.2. The van der Waals surface area contributed by atoms with E-state index >= 15 is 0 Å². The molecule has 0 spiro atoms. The number of aryl methyl sites for hydroxylation is 1. The van der Waals surface area contributed by atoms with E-state index in [-0.39, 0.29) is 60.1 Å². The van der Waals surface area contributed by atoms with E-state index in [0.29, 0.717) is 65.4 Å². The van der Waals surface area contributed by atoms with Gasteiger partial charge in [-0.1, -0.05) is 29.3 Å². The van der Waals surface area contributed by atoms with Gasteiger partial charge in [0.1, 0.15) is 0 Å². The number of halogens is 6. The smallest absolute Gasteiger partial charge is 0.390 e. The Balaban J connectivity index is 1.45. The van der Waals surface area contributed by atoms with Crippen molar-refractivity contribution in [3.63, 3.8) is 0 Å². The Bertz CT molecular complexity index is 1740. The standard InChI is InChI=1S/C35H44Cl2F4N6O3/c1-33(2,38)31(49)42-18-19-6-11-24(36)29(28(19)37)45-32-44-25-16-23(30(48)43-22-9-7-21(8-10-22)35(39,40)41)26(17-27(25)46(32)5)47-14-12-20(13-15-47)34(3,4)50/h6,11,16-17,20-22,50H,7-10,12-15,18H2,1-5H3,(H,42,49)(H,43,48)(H,44,45)/t21-,22-. The fourth-order valence-electron chi connectivity index (χ4n) is 6.78. The molecular weight excluding hydrogens is 699 g/mol. The summed E-state index contributed by atoms with van der Waals surface area (Å²) in [4.78, 5) is 32.8. The predicted molar refractivity (Wildman–Crippen MR) is 188 cm³/mol. The zero-order chi connectivity index (χ0) is 36.8. The number of carbonyl (C=O) groups excluding carboxylic acids is 2. The highest BCUT2D eigenvalue weighted by molar-refractivity contribution is 6.39. The molecule has 2 aliphatic rings. The number of benzene rings is 2. The molecule has 1 aliphatic heterocycles. The number of aromatic nitrogens is 2. The van der Waals surface area contributed by atoms with Gasteiger partial charge in [-0.2, -0.15) is 13.2 Å². The molecule has 0 atom stereocenters. The molecule has 1 saturated heterocycles. The summed E-state index contributed by atoms with van der Waals surface area (Å²) in [6, 6.07) is 6.40. The van der Waals surface area contributed by atoms with Crippen LogP contribution in [0.5, 0.6) is 0 Å². The van der Waals surface area contributed by atoms with Crippen molar-refractivity contribution in [2.45, 2.75) is 96.3 Å². The van der Waals surface area contributed by atoms with Gasteiger partial charge in [-0.3, -0.25) is 9.59 Å². The number of imidazole rings is 1. The Morgan fingerprint density at radius 3 is 2.18 bits per heavy atom. The maximum absolute atomic E-state index is 14.1. The largest absolute Gasteiger partial charge is 0.391 e. The molecular formula is C35H44Cl2F4N6O3. The second kappa shape index (κ2) is 14.4. The molecule has 4 N–H and O–H groups in total. The molecule has 50 heavy (non-hydrogen) atoms. The van der Waals surface area contributed by atoms with Gasteiger partial charge in [-0.15, -0.1) is 0 Å². The quantitative estimate of drug-likeness (QED) is 0.167. The van der Waals surface area contributed by atoms with Crippen LogP contribution in [-0.2, 0) is 18.4 Å². The van der Waals surface area contributed by atoms with E-state index in [1.54, 1.807) is 43.7 Å². The SMILES string of the molecule is Cn1c(Nc2c(Cl)ccc(CNC(=O)C(C)(C)F)c2Cl)nc2cc(C(=O)N[C@H]3CC[C@H](C(F)(F)F)CC3)c(N3CCC(C(C)(C)O)CC3)cc21. The van der Waals surface area contributed by atoms with Gasteiger partial charge in [-0.25, -0.2) is 9.37 Å². The molecule has 15 heteroatoms. The lowest BCUT2D eigenvalue weighted by Gasteiger charge is -2.39. The molecule has 0 radical (unpaired) electrons. The van der Waals surface area contributed by atoms with Crippen molar-refractivity contribution >= 4 is 63.4 Å². The third-order valence-electron chi connectivity index (χ3n) is 9.99. The average Bonchev–Trinajstić information content (AvgIpc) is 3.34. The molecule has 0 unspecified atom stereocenters. The van der Waals surface area contributed by atoms with E-state index in [9.17, 15) is 32.3 Å². The number of nitrogens with one attached hydrogen (secondary N) is 3. The normalized spacial score (nSPS) is 19.5. The molecule has 9 nitrogen and oxygen atoms in total. The van der Waals surface area contributed by atoms with Crippen LogP contribution in [0, 0.1) is 11.8 Å². The number of rotatable bonds is 9. The Morgan fingerprint density at radius 1 is 0.960 bits per heavy atom. The van der Waals surface area contributed by atoms with E-state index in [4.69, 9.17) is 28.2 Å². The minimum atomic E-state index is -4.24. The van der Waals surface area contributed by atoms with Crippen LogP contribution in [0.2, 0.25) is 10.0 Å². The van der Waals surface area contributed by atoms with Crippen LogP contribution >= 0.6 is 23.2 Å². The molecule has 2 heterocycles. The van der Waals surface area contributed by atoms with Gasteiger partial charge in [0, 0.05) is 32.7 Å².